The second-order valence-electron chi connectivity index (χ2n) is 4.17. The predicted molar refractivity (Wildman–Crippen MR) is 65.6 cm³/mol. The van der Waals surface area contributed by atoms with Crippen LogP contribution in [0.5, 0.6) is 5.75 Å². The quantitative estimate of drug-likeness (QED) is 0.532. The smallest absolute Gasteiger partial charge is 0.341 e. The zero-order valence-corrected chi connectivity index (χ0v) is 9.85. The van der Waals surface area contributed by atoms with E-state index in [0.29, 0.717) is 12.3 Å². The number of fused-ring (bicyclic) bond motifs is 1. The number of nitrogens with one attached hydrogen (secondary N) is 1. The van der Waals surface area contributed by atoms with E-state index in [1.807, 2.05) is 12.1 Å². The first-order chi connectivity index (χ1) is 8.56. The summed E-state index contributed by atoms with van der Waals surface area (Å²) in [5, 5.41) is 16.0. The molecule has 0 atom stereocenters. The Morgan fingerprint density at radius 2 is 2.28 bits per heavy atom. The highest BCUT2D eigenvalue weighted by Crippen LogP contribution is 2.23. The fourth-order valence-corrected chi connectivity index (χ4v) is 1.97. The SMILES string of the molecule is N=C(N)N1CCc2ccc(OCC(=O)O)cc2C1. The minimum absolute atomic E-state index is 0.0532. The lowest BCUT2D eigenvalue weighted by atomic mass is 10.00. The van der Waals surface area contributed by atoms with E-state index in [0.717, 1.165) is 18.5 Å². The first-order valence-electron chi connectivity index (χ1n) is 5.61. The fraction of sp³-hybridized carbons (Fsp3) is 0.333. The van der Waals surface area contributed by atoms with E-state index >= 15 is 0 Å². The van der Waals surface area contributed by atoms with Crippen LogP contribution >= 0.6 is 0 Å². The van der Waals surface area contributed by atoms with Crippen LogP contribution in [0, 0.1) is 5.41 Å². The van der Waals surface area contributed by atoms with Crippen molar-refractivity contribution in [3.8, 4) is 5.75 Å². The van der Waals surface area contributed by atoms with E-state index in [-0.39, 0.29) is 12.6 Å². The molecule has 6 nitrogen and oxygen atoms in total. The Bertz CT molecular complexity index is 487. The van der Waals surface area contributed by atoms with Gasteiger partial charge in [0.05, 0.1) is 0 Å². The number of hydrogen-bond acceptors (Lipinski definition) is 3. The van der Waals surface area contributed by atoms with Crippen LogP contribution < -0.4 is 10.5 Å². The Morgan fingerprint density at radius 1 is 1.50 bits per heavy atom. The normalized spacial score (nSPS) is 13.9. The number of hydrogen-bond donors (Lipinski definition) is 3. The lowest BCUT2D eigenvalue weighted by molar-refractivity contribution is -0.139. The zero-order valence-electron chi connectivity index (χ0n) is 9.85. The second kappa shape index (κ2) is 4.95. The van der Waals surface area contributed by atoms with Crippen LogP contribution in [0.2, 0.25) is 0 Å². The molecule has 2 rings (SSSR count). The van der Waals surface area contributed by atoms with Gasteiger partial charge in [0.2, 0.25) is 0 Å². The van der Waals surface area contributed by atoms with Gasteiger partial charge in [-0.3, -0.25) is 5.41 Å². The highest BCUT2D eigenvalue weighted by molar-refractivity contribution is 5.75. The molecule has 0 bridgehead atoms. The molecule has 4 N–H and O–H groups in total. The largest absolute Gasteiger partial charge is 0.482 e. The molecule has 0 aromatic heterocycles. The van der Waals surface area contributed by atoms with Crippen molar-refractivity contribution in [3.05, 3.63) is 29.3 Å². The first kappa shape index (κ1) is 12.2. The summed E-state index contributed by atoms with van der Waals surface area (Å²) in [6.45, 7) is 0.946. The van der Waals surface area contributed by atoms with Crippen molar-refractivity contribution in [1.82, 2.24) is 4.90 Å². The summed E-state index contributed by atoms with van der Waals surface area (Å²) >= 11 is 0. The number of ether oxygens (including phenoxy) is 1. The Morgan fingerprint density at radius 3 is 2.94 bits per heavy atom. The van der Waals surface area contributed by atoms with Crippen molar-refractivity contribution in [3.63, 3.8) is 0 Å². The van der Waals surface area contributed by atoms with E-state index < -0.39 is 5.97 Å². The molecular weight excluding hydrogens is 234 g/mol. The monoisotopic (exact) mass is 249 g/mol. The number of carboxylic acid groups (broad SMARTS) is 1. The maximum Gasteiger partial charge on any atom is 0.341 e. The van der Waals surface area contributed by atoms with Crippen LogP contribution in [0.4, 0.5) is 0 Å². The molecule has 0 radical (unpaired) electrons. The van der Waals surface area contributed by atoms with E-state index in [4.69, 9.17) is 21.0 Å². The summed E-state index contributed by atoms with van der Waals surface area (Å²) in [5.41, 5.74) is 7.68. The molecule has 1 heterocycles. The molecule has 0 amide bonds. The fourth-order valence-electron chi connectivity index (χ4n) is 1.97. The van der Waals surface area contributed by atoms with E-state index in [1.54, 1.807) is 11.0 Å². The molecule has 1 aromatic carbocycles. The van der Waals surface area contributed by atoms with E-state index in [1.165, 1.54) is 5.56 Å². The van der Waals surface area contributed by atoms with E-state index in [9.17, 15) is 4.79 Å². The van der Waals surface area contributed by atoms with Gasteiger partial charge in [0.15, 0.2) is 12.6 Å². The predicted octanol–water partition coefficient (Wildman–Crippen LogP) is 0.402. The van der Waals surface area contributed by atoms with Gasteiger partial charge in [-0.2, -0.15) is 0 Å². The minimum Gasteiger partial charge on any atom is -0.482 e. The Labute approximate surface area is 104 Å². The number of nitrogens with zero attached hydrogens (tertiary/aromatic N) is 1. The van der Waals surface area contributed by atoms with Gasteiger partial charge in [0.1, 0.15) is 5.75 Å². The minimum atomic E-state index is -1.00. The van der Waals surface area contributed by atoms with Crippen molar-refractivity contribution >= 4 is 11.9 Å². The van der Waals surface area contributed by atoms with Crippen LogP contribution in [-0.2, 0) is 17.8 Å². The van der Waals surface area contributed by atoms with Crippen LogP contribution in [0.25, 0.3) is 0 Å². The van der Waals surface area contributed by atoms with Gasteiger partial charge in [0.25, 0.3) is 0 Å². The first-order valence-corrected chi connectivity index (χ1v) is 5.61. The lowest BCUT2D eigenvalue weighted by Crippen LogP contribution is -2.40. The van der Waals surface area contributed by atoms with Crippen molar-refractivity contribution < 1.29 is 14.6 Å². The number of rotatable bonds is 3. The Balaban J connectivity index is 2.13. The molecule has 18 heavy (non-hydrogen) atoms. The Hall–Kier alpha value is -2.24. The van der Waals surface area contributed by atoms with Gasteiger partial charge < -0.3 is 20.5 Å². The van der Waals surface area contributed by atoms with Gasteiger partial charge in [0, 0.05) is 13.1 Å². The van der Waals surface area contributed by atoms with Gasteiger partial charge >= 0.3 is 5.97 Å². The summed E-state index contributed by atoms with van der Waals surface area (Å²) in [6.07, 6.45) is 0.828. The third kappa shape index (κ3) is 2.71. The maximum absolute atomic E-state index is 10.4. The summed E-state index contributed by atoms with van der Waals surface area (Å²) in [7, 11) is 0. The van der Waals surface area contributed by atoms with Crippen molar-refractivity contribution in [2.75, 3.05) is 13.2 Å². The van der Waals surface area contributed by atoms with Gasteiger partial charge in [-0.15, -0.1) is 0 Å². The third-order valence-electron chi connectivity index (χ3n) is 2.89. The lowest BCUT2D eigenvalue weighted by Gasteiger charge is -2.29. The molecule has 96 valence electrons. The molecule has 1 aromatic rings. The Kier molecular flexibility index (Phi) is 3.36. The van der Waals surface area contributed by atoms with Gasteiger partial charge in [-0.1, -0.05) is 6.07 Å². The highest BCUT2D eigenvalue weighted by Gasteiger charge is 2.17. The van der Waals surface area contributed by atoms with Gasteiger partial charge in [-0.05, 0) is 29.7 Å². The zero-order chi connectivity index (χ0) is 13.1. The molecule has 0 spiro atoms. The summed E-state index contributed by atoms with van der Waals surface area (Å²) in [4.78, 5) is 12.2. The number of nitrogens with two attached hydrogens (primary N) is 1. The molecule has 0 aliphatic carbocycles. The summed E-state index contributed by atoms with van der Waals surface area (Å²) in [5.74, 6) is -0.419. The standard InChI is InChI=1S/C12H15N3O3/c13-12(14)15-4-3-8-1-2-10(5-9(8)6-15)18-7-11(16)17/h1-2,5H,3-4,6-7H2,(H3,13,14)(H,16,17). The number of benzene rings is 1. The van der Waals surface area contributed by atoms with Crippen LogP contribution in [-0.4, -0.2) is 35.1 Å². The number of carboxylic acids is 1. The molecule has 1 aliphatic heterocycles. The topological polar surface area (TPSA) is 99.6 Å². The molecule has 0 saturated heterocycles. The molecular formula is C12H15N3O3. The number of aliphatic carboxylic acids is 1. The van der Waals surface area contributed by atoms with Crippen LogP contribution in [0.15, 0.2) is 18.2 Å². The second-order valence-corrected chi connectivity index (χ2v) is 4.17. The number of guanidine groups is 1. The third-order valence-corrected chi connectivity index (χ3v) is 2.89. The molecule has 0 unspecified atom stereocenters. The van der Waals surface area contributed by atoms with Crippen LogP contribution in [0.3, 0.4) is 0 Å². The van der Waals surface area contributed by atoms with Crippen molar-refractivity contribution in [2.24, 2.45) is 5.73 Å². The van der Waals surface area contributed by atoms with Crippen molar-refractivity contribution in [1.29, 1.82) is 5.41 Å². The number of carbonyl (C=O) groups is 1. The molecule has 0 saturated carbocycles. The van der Waals surface area contributed by atoms with Crippen molar-refractivity contribution in [2.45, 2.75) is 13.0 Å². The van der Waals surface area contributed by atoms with Gasteiger partial charge in [-0.25, -0.2) is 4.79 Å². The van der Waals surface area contributed by atoms with Crippen LogP contribution in [0.1, 0.15) is 11.1 Å². The molecule has 1 aliphatic rings. The maximum atomic E-state index is 10.4. The molecule has 0 fully saturated rings. The summed E-state index contributed by atoms with van der Waals surface area (Å²) in [6, 6.07) is 5.52. The molecule has 6 heteroatoms. The average Bonchev–Trinajstić information content (AvgIpc) is 2.35. The highest BCUT2D eigenvalue weighted by atomic mass is 16.5. The average molecular weight is 249 g/mol. The van der Waals surface area contributed by atoms with E-state index in [2.05, 4.69) is 0 Å². The summed E-state index contributed by atoms with van der Waals surface area (Å²) < 4.78 is 5.13.